The maximum Gasteiger partial charge on any atom is 0.0974 e. The van der Waals surface area contributed by atoms with Crippen molar-refractivity contribution in [1.29, 1.82) is 0 Å². The van der Waals surface area contributed by atoms with E-state index in [0.717, 1.165) is 38.6 Å². The average molecular weight is 559 g/mol. The molecule has 220 valence electrons. The molecule has 2 aliphatic heterocycles. The van der Waals surface area contributed by atoms with Crippen molar-refractivity contribution in [3.8, 4) is 0 Å². The van der Waals surface area contributed by atoms with Gasteiger partial charge in [-0.1, -0.05) is 31.2 Å². The number of pyridine rings is 1. The highest BCUT2D eigenvalue weighted by atomic mass is 16.5. The zero-order valence-electron chi connectivity index (χ0n) is 24.8. The van der Waals surface area contributed by atoms with Gasteiger partial charge in [0.05, 0.1) is 44.2 Å². The van der Waals surface area contributed by atoms with E-state index in [4.69, 9.17) is 18.9 Å². The van der Waals surface area contributed by atoms with Gasteiger partial charge in [0.25, 0.3) is 0 Å². The number of hydrogen-bond donors (Lipinski definition) is 1. The summed E-state index contributed by atoms with van der Waals surface area (Å²) in [6.07, 6.45) is 18.4. The number of fused-ring (bicyclic) bond motifs is 2. The van der Waals surface area contributed by atoms with Crippen molar-refractivity contribution in [1.82, 2.24) is 10.3 Å². The van der Waals surface area contributed by atoms with Crippen LogP contribution < -0.4 is 5.32 Å². The van der Waals surface area contributed by atoms with E-state index in [1.165, 1.54) is 41.2 Å². The van der Waals surface area contributed by atoms with Crippen LogP contribution in [0.15, 0.2) is 60.0 Å². The first-order valence-electron chi connectivity index (χ1n) is 15.9. The summed E-state index contributed by atoms with van der Waals surface area (Å²) in [4.78, 5) is 4.39. The van der Waals surface area contributed by atoms with Crippen molar-refractivity contribution in [3.63, 3.8) is 0 Å². The molecule has 2 saturated carbocycles. The average Bonchev–Trinajstić information content (AvgIpc) is 3.51. The van der Waals surface area contributed by atoms with Gasteiger partial charge >= 0.3 is 0 Å². The highest BCUT2D eigenvalue weighted by Gasteiger charge is 2.66. The van der Waals surface area contributed by atoms with Crippen LogP contribution in [0.3, 0.4) is 0 Å². The summed E-state index contributed by atoms with van der Waals surface area (Å²) in [5, 5.41) is 6.33. The summed E-state index contributed by atoms with van der Waals surface area (Å²) in [5.74, 6) is 1.12. The summed E-state index contributed by atoms with van der Waals surface area (Å²) < 4.78 is 23.8. The van der Waals surface area contributed by atoms with Crippen LogP contribution in [0.2, 0.25) is 0 Å². The van der Waals surface area contributed by atoms with Gasteiger partial charge in [-0.05, 0) is 103 Å². The lowest BCUT2D eigenvalue weighted by Gasteiger charge is -2.54. The molecule has 1 aromatic heterocycles. The molecule has 0 radical (unpaired) electrons. The molecule has 5 aliphatic rings. The normalized spacial score (nSPS) is 35.5. The third-order valence-corrected chi connectivity index (χ3v) is 11.2. The molecule has 3 aliphatic carbocycles. The second-order valence-electron chi connectivity index (χ2n) is 13.3. The first kappa shape index (κ1) is 27.7. The maximum atomic E-state index is 7.49. The maximum absolute atomic E-state index is 7.49. The minimum absolute atomic E-state index is 0.0890. The number of allylic oxidation sites excluding steroid dienone is 1. The molecule has 3 heterocycles. The van der Waals surface area contributed by atoms with Gasteiger partial charge in [0.2, 0.25) is 0 Å². The third kappa shape index (κ3) is 4.80. The fraction of sp³-hybridized carbons (Fsp3) is 0.629. The monoisotopic (exact) mass is 558 g/mol. The van der Waals surface area contributed by atoms with Gasteiger partial charge < -0.3 is 24.3 Å². The van der Waals surface area contributed by atoms with Crippen molar-refractivity contribution < 1.29 is 18.9 Å². The quantitative estimate of drug-likeness (QED) is 0.336. The van der Waals surface area contributed by atoms with E-state index < -0.39 is 0 Å². The van der Waals surface area contributed by atoms with Gasteiger partial charge in [-0.15, -0.1) is 0 Å². The molecule has 0 amide bonds. The Kier molecular flexibility index (Phi) is 7.57. The number of ether oxygens (including phenoxy) is 4. The molecule has 2 bridgehead atoms. The molecule has 1 unspecified atom stereocenters. The molecule has 2 spiro atoms. The number of aromatic nitrogens is 1. The van der Waals surface area contributed by atoms with E-state index >= 15 is 0 Å². The van der Waals surface area contributed by atoms with Crippen molar-refractivity contribution in [2.75, 3.05) is 46.7 Å². The van der Waals surface area contributed by atoms with Crippen LogP contribution >= 0.6 is 0 Å². The topological polar surface area (TPSA) is 61.8 Å². The second-order valence-corrected chi connectivity index (χ2v) is 13.3. The highest BCUT2D eigenvalue weighted by molar-refractivity contribution is 5.82. The number of hydrogen-bond acceptors (Lipinski definition) is 6. The largest absolute Gasteiger partial charge is 0.382 e. The minimum Gasteiger partial charge on any atom is -0.382 e. The Bertz CT molecular complexity index is 1320. The first-order chi connectivity index (χ1) is 20.1. The van der Waals surface area contributed by atoms with E-state index in [-0.39, 0.29) is 16.6 Å². The summed E-state index contributed by atoms with van der Waals surface area (Å²) in [7, 11) is 1.69. The molecule has 1 N–H and O–H groups in total. The third-order valence-electron chi connectivity index (χ3n) is 11.2. The highest BCUT2D eigenvalue weighted by Crippen LogP contribution is 2.69. The molecule has 6 nitrogen and oxygen atoms in total. The van der Waals surface area contributed by atoms with Crippen LogP contribution in [0.4, 0.5) is 0 Å². The van der Waals surface area contributed by atoms with Crippen LogP contribution in [-0.4, -0.2) is 68.9 Å². The molecule has 1 aromatic carbocycles. The lowest BCUT2D eigenvalue weighted by molar-refractivity contribution is -0.136. The van der Waals surface area contributed by atoms with Crippen molar-refractivity contribution in [3.05, 3.63) is 65.5 Å². The lowest BCUT2D eigenvalue weighted by Crippen LogP contribution is -2.55. The Morgan fingerprint density at radius 3 is 2.78 bits per heavy atom. The minimum atomic E-state index is -0.114. The molecule has 3 fully saturated rings. The Balaban J connectivity index is 1.02. The SMILES string of the molecule is COCCOCCOCCN[C@@H]1CCC2=CC3=CC[C@]4(C)[C@@H](c5ccc6ccncc6c5)CC[C@H]4[C@@]34CCC2(C1)O4. The Hall–Kier alpha value is -2.09. The zero-order valence-corrected chi connectivity index (χ0v) is 24.8. The van der Waals surface area contributed by atoms with Gasteiger partial charge in [-0.3, -0.25) is 4.98 Å². The van der Waals surface area contributed by atoms with Crippen LogP contribution in [0.25, 0.3) is 10.8 Å². The Morgan fingerprint density at radius 1 is 1.00 bits per heavy atom. The predicted molar refractivity (Wildman–Crippen MR) is 161 cm³/mol. The van der Waals surface area contributed by atoms with Crippen LogP contribution in [0.5, 0.6) is 0 Å². The van der Waals surface area contributed by atoms with Gasteiger partial charge in [0.15, 0.2) is 0 Å². The summed E-state index contributed by atoms with van der Waals surface area (Å²) in [6, 6.07) is 9.67. The van der Waals surface area contributed by atoms with Crippen LogP contribution in [-0.2, 0) is 18.9 Å². The number of rotatable bonds is 11. The molecular weight excluding hydrogens is 512 g/mol. The summed E-state index contributed by atoms with van der Waals surface area (Å²) in [5.41, 5.74) is 4.55. The fourth-order valence-electron chi connectivity index (χ4n) is 9.25. The van der Waals surface area contributed by atoms with Gasteiger partial charge in [0, 0.05) is 37.5 Å². The standard InChI is InChI=1S/C35H46N2O4/c1-33-11-9-29-22-28-5-6-30(37-15-16-39-19-20-40-18-17-38-2)23-34(28)12-13-35(29,41-34)32(33)8-7-31(33)26-4-3-25-10-14-36-24-27(25)21-26/h3-4,9-10,14,21-22,24,30-32,37H,5-8,11-13,15-20,23H2,1-2H3/t30-,31-,32-,33-,34?,35-/m1/s1. The van der Waals surface area contributed by atoms with E-state index in [9.17, 15) is 0 Å². The molecule has 6 atom stereocenters. The molecule has 2 aromatic rings. The van der Waals surface area contributed by atoms with E-state index in [2.05, 4.69) is 53.6 Å². The molecule has 41 heavy (non-hydrogen) atoms. The first-order valence-corrected chi connectivity index (χ1v) is 15.9. The van der Waals surface area contributed by atoms with Crippen molar-refractivity contribution in [2.24, 2.45) is 11.3 Å². The van der Waals surface area contributed by atoms with Gasteiger partial charge in [-0.25, -0.2) is 0 Å². The molecule has 7 rings (SSSR count). The van der Waals surface area contributed by atoms with E-state index in [0.29, 0.717) is 50.9 Å². The summed E-state index contributed by atoms with van der Waals surface area (Å²) in [6.45, 7) is 6.65. The zero-order chi connectivity index (χ0) is 27.9. The van der Waals surface area contributed by atoms with Gasteiger partial charge in [0.1, 0.15) is 0 Å². The lowest BCUT2D eigenvalue weighted by atomic mass is 9.58. The van der Waals surface area contributed by atoms with Crippen LogP contribution in [0.1, 0.15) is 69.8 Å². The molecule has 1 saturated heterocycles. The predicted octanol–water partition coefficient (Wildman–Crippen LogP) is 6.11. The number of nitrogens with zero attached hydrogens (tertiary/aromatic N) is 1. The summed E-state index contributed by atoms with van der Waals surface area (Å²) >= 11 is 0. The second kappa shape index (κ2) is 11.2. The van der Waals surface area contributed by atoms with Crippen LogP contribution in [0, 0.1) is 11.3 Å². The smallest absolute Gasteiger partial charge is 0.0974 e. The number of nitrogens with one attached hydrogen (secondary N) is 1. The van der Waals surface area contributed by atoms with E-state index in [1.807, 2.05) is 12.4 Å². The van der Waals surface area contributed by atoms with E-state index in [1.54, 1.807) is 12.7 Å². The Morgan fingerprint density at radius 2 is 1.88 bits per heavy atom. The van der Waals surface area contributed by atoms with Crippen molar-refractivity contribution >= 4 is 10.8 Å². The molecule has 6 heteroatoms. The number of methoxy groups -OCH3 is 1. The molecular formula is C35H46N2O4. The Labute approximate surface area is 244 Å². The van der Waals surface area contributed by atoms with Crippen molar-refractivity contribution in [2.45, 2.75) is 81.5 Å². The number of benzene rings is 1. The van der Waals surface area contributed by atoms with Gasteiger partial charge in [-0.2, -0.15) is 0 Å². The fourth-order valence-corrected chi connectivity index (χ4v) is 9.25.